The van der Waals surface area contributed by atoms with Crippen molar-refractivity contribution in [2.75, 3.05) is 6.61 Å². The van der Waals surface area contributed by atoms with Crippen molar-refractivity contribution in [3.63, 3.8) is 0 Å². The van der Waals surface area contributed by atoms with E-state index in [0.717, 1.165) is 21.9 Å². The molecule has 0 aliphatic heterocycles. The molecule has 0 unspecified atom stereocenters. The molecular formula is C27H27N3O5. The van der Waals surface area contributed by atoms with Crippen LogP contribution in [0.25, 0.3) is 21.8 Å². The molecule has 4 aromatic rings. The number of esters is 2. The van der Waals surface area contributed by atoms with Crippen LogP contribution >= 0.6 is 0 Å². The predicted molar refractivity (Wildman–Crippen MR) is 132 cm³/mol. The molecule has 0 aliphatic carbocycles. The third-order valence-electron chi connectivity index (χ3n) is 5.82. The zero-order valence-electron chi connectivity index (χ0n) is 19.9. The predicted octanol–water partition coefficient (Wildman–Crippen LogP) is 3.99. The van der Waals surface area contributed by atoms with Crippen molar-refractivity contribution in [1.29, 1.82) is 0 Å². The van der Waals surface area contributed by atoms with Gasteiger partial charge in [0.2, 0.25) is 5.91 Å². The Kier molecular flexibility index (Phi) is 7.10. The van der Waals surface area contributed by atoms with E-state index in [0.29, 0.717) is 16.8 Å². The number of ether oxygens (including phenoxy) is 2. The van der Waals surface area contributed by atoms with Crippen molar-refractivity contribution >= 4 is 39.7 Å². The van der Waals surface area contributed by atoms with Gasteiger partial charge >= 0.3 is 11.9 Å². The van der Waals surface area contributed by atoms with E-state index >= 15 is 0 Å². The standard InChI is InChI=1S/C27H27N3O5/c1-4-34-27(33)25-16(2)19-9-5-8-12-22(19)30-24(25)15-35-26(32)23(29-17(3)31)13-18-14-28-21-11-7-6-10-20(18)21/h5-12,14,23,28H,4,13,15H2,1-3H3,(H,29,31)/t23-/m0/s1. The van der Waals surface area contributed by atoms with Crippen molar-refractivity contribution in [2.24, 2.45) is 0 Å². The lowest BCUT2D eigenvalue weighted by atomic mass is 10.0. The first-order chi connectivity index (χ1) is 16.9. The van der Waals surface area contributed by atoms with Crippen molar-refractivity contribution in [1.82, 2.24) is 15.3 Å². The van der Waals surface area contributed by atoms with E-state index in [4.69, 9.17) is 9.47 Å². The van der Waals surface area contributed by atoms with Gasteiger partial charge in [0.25, 0.3) is 0 Å². The smallest absolute Gasteiger partial charge is 0.340 e. The van der Waals surface area contributed by atoms with Crippen molar-refractivity contribution < 1.29 is 23.9 Å². The Hall–Kier alpha value is -4.20. The second-order valence-electron chi connectivity index (χ2n) is 8.22. The van der Waals surface area contributed by atoms with E-state index in [-0.39, 0.29) is 31.1 Å². The molecule has 0 bridgehead atoms. The number of H-pyrrole nitrogens is 1. The number of aromatic nitrogens is 2. The molecule has 0 saturated carbocycles. The highest BCUT2D eigenvalue weighted by atomic mass is 16.5. The lowest BCUT2D eigenvalue weighted by molar-refractivity contribution is -0.149. The number of amides is 1. The van der Waals surface area contributed by atoms with Gasteiger partial charge < -0.3 is 19.8 Å². The number of fused-ring (bicyclic) bond motifs is 2. The van der Waals surface area contributed by atoms with Crippen molar-refractivity contribution in [2.45, 2.75) is 39.8 Å². The third kappa shape index (κ3) is 5.16. The van der Waals surface area contributed by atoms with Crippen LogP contribution in [0.15, 0.2) is 54.7 Å². The van der Waals surface area contributed by atoms with E-state index in [1.54, 1.807) is 6.92 Å². The van der Waals surface area contributed by atoms with Crippen LogP contribution in [0, 0.1) is 6.92 Å². The fourth-order valence-electron chi connectivity index (χ4n) is 4.22. The maximum absolute atomic E-state index is 13.1. The summed E-state index contributed by atoms with van der Waals surface area (Å²) in [5.74, 6) is -1.49. The van der Waals surface area contributed by atoms with E-state index in [1.165, 1.54) is 6.92 Å². The summed E-state index contributed by atoms with van der Waals surface area (Å²) in [6.45, 7) is 4.87. The number of carbonyl (C=O) groups is 3. The molecular weight excluding hydrogens is 446 g/mol. The van der Waals surface area contributed by atoms with E-state index in [2.05, 4.69) is 15.3 Å². The van der Waals surface area contributed by atoms with Crippen LogP contribution in [0.2, 0.25) is 0 Å². The summed E-state index contributed by atoms with van der Waals surface area (Å²) in [6.07, 6.45) is 2.07. The second kappa shape index (κ2) is 10.4. The number of rotatable bonds is 8. The highest BCUT2D eigenvalue weighted by Gasteiger charge is 2.25. The molecule has 8 nitrogen and oxygen atoms in total. The van der Waals surface area contributed by atoms with Crippen LogP contribution in [-0.4, -0.2) is 40.5 Å². The number of aryl methyl sites for hydroxylation is 1. The zero-order chi connectivity index (χ0) is 24.9. The maximum atomic E-state index is 13.1. The summed E-state index contributed by atoms with van der Waals surface area (Å²) in [5, 5.41) is 4.46. The summed E-state index contributed by atoms with van der Waals surface area (Å²) < 4.78 is 10.8. The highest BCUT2D eigenvalue weighted by molar-refractivity contribution is 5.98. The fraction of sp³-hybridized carbons (Fsp3) is 0.259. The Bertz CT molecular complexity index is 1410. The number of nitrogens with zero attached hydrogens (tertiary/aromatic N) is 1. The second-order valence-corrected chi connectivity index (χ2v) is 8.22. The Morgan fingerprint density at radius 3 is 2.49 bits per heavy atom. The molecule has 0 saturated heterocycles. The Balaban J connectivity index is 1.60. The van der Waals surface area contributed by atoms with Gasteiger partial charge in [0.1, 0.15) is 12.6 Å². The van der Waals surface area contributed by atoms with Gasteiger partial charge in [-0.3, -0.25) is 4.79 Å². The normalized spacial score (nSPS) is 11.9. The molecule has 35 heavy (non-hydrogen) atoms. The van der Waals surface area contributed by atoms with Gasteiger partial charge in [0, 0.05) is 35.8 Å². The number of para-hydroxylation sites is 2. The maximum Gasteiger partial charge on any atom is 0.340 e. The number of hydrogen-bond donors (Lipinski definition) is 2. The molecule has 1 atom stereocenters. The Morgan fingerprint density at radius 1 is 1.03 bits per heavy atom. The number of nitrogens with one attached hydrogen (secondary N) is 2. The number of carbonyl (C=O) groups excluding carboxylic acids is 3. The van der Waals surface area contributed by atoms with Gasteiger partial charge in [-0.25, -0.2) is 14.6 Å². The summed E-state index contributed by atoms with van der Waals surface area (Å²) in [6, 6.07) is 14.2. The van der Waals surface area contributed by atoms with E-state index < -0.39 is 18.0 Å². The summed E-state index contributed by atoms with van der Waals surface area (Å²) in [4.78, 5) is 45.4. The van der Waals surface area contributed by atoms with E-state index in [9.17, 15) is 14.4 Å². The largest absolute Gasteiger partial charge is 0.462 e. The quantitative estimate of drug-likeness (QED) is 0.375. The first kappa shape index (κ1) is 23.9. The first-order valence-electron chi connectivity index (χ1n) is 11.4. The van der Waals surface area contributed by atoms with Gasteiger partial charge in [-0.1, -0.05) is 36.4 Å². The SMILES string of the molecule is CCOC(=O)c1c(COC(=O)[C@H](Cc2c[nH]c3ccccc23)NC(C)=O)nc2ccccc2c1C. The Morgan fingerprint density at radius 2 is 1.74 bits per heavy atom. The minimum absolute atomic E-state index is 0.208. The number of benzene rings is 2. The average molecular weight is 474 g/mol. The van der Waals surface area contributed by atoms with Crippen LogP contribution in [-0.2, 0) is 32.1 Å². The molecule has 2 aromatic carbocycles. The van der Waals surface area contributed by atoms with E-state index in [1.807, 2.05) is 61.7 Å². The third-order valence-corrected chi connectivity index (χ3v) is 5.82. The van der Waals surface area contributed by atoms with Crippen LogP contribution in [0.5, 0.6) is 0 Å². The minimum atomic E-state index is -0.903. The molecule has 0 spiro atoms. The summed E-state index contributed by atoms with van der Waals surface area (Å²) >= 11 is 0. The molecule has 180 valence electrons. The lowest BCUT2D eigenvalue weighted by Crippen LogP contribution is -2.42. The van der Waals surface area contributed by atoms with Crippen molar-refractivity contribution in [3.05, 3.63) is 77.1 Å². The molecule has 0 radical (unpaired) electrons. The van der Waals surface area contributed by atoms with Gasteiger partial charge in [0.15, 0.2) is 0 Å². The van der Waals surface area contributed by atoms with Gasteiger partial charge in [-0.15, -0.1) is 0 Å². The van der Waals surface area contributed by atoms with Gasteiger partial charge in [-0.05, 0) is 37.1 Å². The van der Waals surface area contributed by atoms with Crippen LogP contribution in [0.1, 0.15) is 41.0 Å². The lowest BCUT2D eigenvalue weighted by Gasteiger charge is -2.18. The number of pyridine rings is 1. The van der Waals surface area contributed by atoms with Crippen LogP contribution < -0.4 is 5.32 Å². The van der Waals surface area contributed by atoms with Crippen LogP contribution in [0.3, 0.4) is 0 Å². The summed E-state index contributed by atoms with van der Waals surface area (Å²) in [7, 11) is 0. The topological polar surface area (TPSA) is 110 Å². The molecule has 4 rings (SSSR count). The fourth-order valence-corrected chi connectivity index (χ4v) is 4.22. The molecule has 8 heteroatoms. The summed E-state index contributed by atoms with van der Waals surface area (Å²) in [5.41, 5.74) is 3.79. The minimum Gasteiger partial charge on any atom is -0.462 e. The first-order valence-corrected chi connectivity index (χ1v) is 11.4. The monoisotopic (exact) mass is 473 g/mol. The van der Waals surface area contributed by atoms with Gasteiger partial charge in [0.05, 0.1) is 23.4 Å². The molecule has 2 aromatic heterocycles. The number of aromatic amines is 1. The van der Waals surface area contributed by atoms with Crippen molar-refractivity contribution in [3.8, 4) is 0 Å². The molecule has 0 fully saturated rings. The molecule has 1 amide bonds. The zero-order valence-corrected chi connectivity index (χ0v) is 19.9. The Labute approximate surface area is 202 Å². The molecule has 2 N–H and O–H groups in total. The average Bonchev–Trinajstić information content (AvgIpc) is 3.25. The number of hydrogen-bond acceptors (Lipinski definition) is 6. The molecule has 0 aliphatic rings. The van der Waals surface area contributed by atoms with Gasteiger partial charge in [-0.2, -0.15) is 0 Å². The molecule has 2 heterocycles. The van der Waals surface area contributed by atoms with Crippen LogP contribution in [0.4, 0.5) is 0 Å². The highest BCUT2D eigenvalue weighted by Crippen LogP contribution is 2.25.